The number of carboxylic acids is 1. The zero-order valence-electron chi connectivity index (χ0n) is 20.7. The molecule has 1 aliphatic heterocycles. The van der Waals surface area contributed by atoms with Crippen LogP contribution in [-0.4, -0.2) is 126 Å². The van der Waals surface area contributed by atoms with E-state index in [2.05, 4.69) is 5.32 Å². The Balaban J connectivity index is 1.72. The third-order valence-electron chi connectivity index (χ3n) is 4.57. The Kier molecular flexibility index (Phi) is 19.2. The number of carboxylic acid groups (broad SMARTS) is 1. The summed E-state index contributed by atoms with van der Waals surface area (Å²) in [5, 5.41) is 11.2. The van der Waals surface area contributed by atoms with Gasteiger partial charge in [-0.05, 0) is 6.42 Å². The van der Waals surface area contributed by atoms with Crippen molar-refractivity contribution in [2.75, 3.05) is 92.4 Å². The van der Waals surface area contributed by atoms with Gasteiger partial charge in [0.2, 0.25) is 5.91 Å². The van der Waals surface area contributed by atoms with Crippen LogP contribution in [0.4, 0.5) is 0 Å². The summed E-state index contributed by atoms with van der Waals surface area (Å²) >= 11 is 0. The maximum atomic E-state index is 11.7. The summed E-state index contributed by atoms with van der Waals surface area (Å²) in [5.41, 5.74) is 0. The highest BCUT2D eigenvalue weighted by molar-refractivity contribution is 6.12. The molecule has 0 aromatic carbocycles. The van der Waals surface area contributed by atoms with Crippen LogP contribution in [0, 0.1) is 0 Å². The van der Waals surface area contributed by atoms with Crippen molar-refractivity contribution in [2.24, 2.45) is 0 Å². The fourth-order valence-corrected chi connectivity index (χ4v) is 2.76. The average molecular weight is 519 g/mol. The summed E-state index contributed by atoms with van der Waals surface area (Å²) in [6, 6.07) is 0. The van der Waals surface area contributed by atoms with Crippen LogP contribution in [0.1, 0.15) is 19.3 Å². The van der Waals surface area contributed by atoms with E-state index in [1.807, 2.05) is 0 Å². The first-order chi connectivity index (χ1) is 17.5. The Morgan fingerprint density at radius 3 is 1.53 bits per heavy atom. The number of nitrogens with zero attached hydrogens (tertiary/aromatic N) is 1. The van der Waals surface area contributed by atoms with E-state index >= 15 is 0 Å². The highest BCUT2D eigenvalue weighted by Gasteiger charge is 2.22. The Labute approximate surface area is 211 Å². The molecule has 0 aromatic heterocycles. The molecule has 13 nitrogen and oxygen atoms in total. The zero-order valence-corrected chi connectivity index (χ0v) is 20.7. The van der Waals surface area contributed by atoms with Crippen LogP contribution in [0.25, 0.3) is 0 Å². The SMILES string of the molecule is O=C(O)CCOCCOCCOCCOCCOCCOCCNC(=O)CCCN1C(=O)C=CC1=O. The number of imide groups is 1. The van der Waals surface area contributed by atoms with Gasteiger partial charge in [-0.2, -0.15) is 0 Å². The first-order valence-corrected chi connectivity index (χ1v) is 12.0. The number of nitrogens with one attached hydrogen (secondary N) is 1. The minimum Gasteiger partial charge on any atom is -0.481 e. The van der Waals surface area contributed by atoms with Crippen LogP contribution < -0.4 is 5.32 Å². The molecular formula is C23H38N2O11. The van der Waals surface area contributed by atoms with Gasteiger partial charge in [-0.1, -0.05) is 0 Å². The fraction of sp³-hybridized carbons (Fsp3) is 0.739. The van der Waals surface area contributed by atoms with Gasteiger partial charge in [-0.25, -0.2) is 0 Å². The molecular weight excluding hydrogens is 480 g/mol. The van der Waals surface area contributed by atoms with Gasteiger partial charge in [0.15, 0.2) is 0 Å². The normalized spacial score (nSPS) is 13.1. The summed E-state index contributed by atoms with van der Waals surface area (Å²) < 4.78 is 31.9. The largest absolute Gasteiger partial charge is 0.481 e. The minimum absolute atomic E-state index is 0.0137. The van der Waals surface area contributed by atoms with E-state index in [1.54, 1.807) is 0 Å². The van der Waals surface area contributed by atoms with E-state index in [0.29, 0.717) is 85.6 Å². The predicted molar refractivity (Wildman–Crippen MR) is 125 cm³/mol. The number of ether oxygens (including phenoxy) is 6. The number of aliphatic carboxylic acids is 1. The maximum Gasteiger partial charge on any atom is 0.305 e. The van der Waals surface area contributed by atoms with E-state index in [1.165, 1.54) is 12.2 Å². The fourth-order valence-electron chi connectivity index (χ4n) is 2.76. The number of hydrogen-bond acceptors (Lipinski definition) is 10. The molecule has 0 unspecified atom stereocenters. The van der Waals surface area contributed by atoms with Crippen molar-refractivity contribution in [1.82, 2.24) is 10.2 Å². The lowest BCUT2D eigenvalue weighted by atomic mass is 10.3. The van der Waals surface area contributed by atoms with E-state index in [0.717, 1.165) is 4.90 Å². The van der Waals surface area contributed by atoms with E-state index in [-0.39, 0.29) is 43.7 Å². The standard InChI is InChI=1S/C23H38N2O11/c26-20(2-1-7-25-21(27)3-4-22(25)28)24-6-9-32-11-13-34-15-17-36-19-18-35-16-14-33-12-10-31-8-5-23(29)30/h3-4H,1-2,5-19H2,(H,24,26)(H,29,30). The second-order valence-corrected chi connectivity index (χ2v) is 7.43. The predicted octanol–water partition coefficient (Wildman–Crippen LogP) is -0.618. The molecule has 206 valence electrons. The number of amides is 3. The average Bonchev–Trinajstić information content (AvgIpc) is 3.17. The monoisotopic (exact) mass is 518 g/mol. The van der Waals surface area contributed by atoms with Crippen LogP contribution in [0.2, 0.25) is 0 Å². The van der Waals surface area contributed by atoms with Gasteiger partial charge in [0.1, 0.15) is 0 Å². The summed E-state index contributed by atoms with van der Waals surface area (Å²) in [5.74, 6) is -1.73. The van der Waals surface area contributed by atoms with Gasteiger partial charge in [0.25, 0.3) is 11.8 Å². The lowest BCUT2D eigenvalue weighted by molar-refractivity contribution is -0.139. The van der Waals surface area contributed by atoms with Crippen LogP contribution in [0.5, 0.6) is 0 Å². The second kappa shape index (κ2) is 21.8. The van der Waals surface area contributed by atoms with Crippen molar-refractivity contribution in [3.63, 3.8) is 0 Å². The molecule has 0 aliphatic carbocycles. The van der Waals surface area contributed by atoms with Crippen LogP contribution in [0.3, 0.4) is 0 Å². The topological polar surface area (TPSA) is 159 Å². The molecule has 0 atom stereocenters. The van der Waals surface area contributed by atoms with Gasteiger partial charge < -0.3 is 38.8 Å². The van der Waals surface area contributed by atoms with Gasteiger partial charge >= 0.3 is 5.97 Å². The molecule has 0 saturated carbocycles. The number of carbonyl (C=O) groups excluding carboxylic acids is 3. The van der Waals surface area contributed by atoms with E-state index in [9.17, 15) is 19.2 Å². The van der Waals surface area contributed by atoms with Gasteiger partial charge in [0, 0.05) is 31.7 Å². The first kappa shape index (κ1) is 31.6. The lowest BCUT2D eigenvalue weighted by Gasteiger charge is -2.13. The molecule has 0 saturated heterocycles. The van der Waals surface area contributed by atoms with Crippen molar-refractivity contribution in [3.05, 3.63) is 12.2 Å². The first-order valence-electron chi connectivity index (χ1n) is 12.0. The molecule has 3 amide bonds. The third-order valence-corrected chi connectivity index (χ3v) is 4.57. The molecule has 0 fully saturated rings. The van der Waals surface area contributed by atoms with Crippen molar-refractivity contribution in [2.45, 2.75) is 19.3 Å². The molecule has 0 aromatic rings. The Hall–Kier alpha value is -2.42. The number of hydrogen-bond donors (Lipinski definition) is 2. The van der Waals surface area contributed by atoms with Gasteiger partial charge in [-0.3, -0.25) is 24.1 Å². The quantitative estimate of drug-likeness (QED) is 0.117. The summed E-state index contributed by atoms with van der Waals surface area (Å²) in [4.78, 5) is 46.0. The molecule has 0 spiro atoms. The Morgan fingerprint density at radius 1 is 0.667 bits per heavy atom. The van der Waals surface area contributed by atoms with Crippen LogP contribution in [-0.2, 0) is 47.6 Å². The second-order valence-electron chi connectivity index (χ2n) is 7.43. The molecule has 1 aliphatic rings. The third kappa shape index (κ3) is 17.9. The minimum atomic E-state index is -0.885. The number of rotatable bonds is 25. The molecule has 0 radical (unpaired) electrons. The summed E-state index contributed by atoms with van der Waals surface area (Å²) in [6.45, 7) is 5.32. The lowest BCUT2D eigenvalue weighted by Crippen LogP contribution is -2.32. The molecule has 1 heterocycles. The Bertz CT molecular complexity index is 654. The highest BCUT2D eigenvalue weighted by atomic mass is 16.6. The summed E-state index contributed by atoms with van der Waals surface area (Å²) in [6.07, 6.45) is 3.08. The van der Waals surface area contributed by atoms with E-state index < -0.39 is 5.97 Å². The van der Waals surface area contributed by atoms with Crippen molar-refractivity contribution < 1.29 is 52.7 Å². The van der Waals surface area contributed by atoms with Crippen molar-refractivity contribution in [1.29, 1.82) is 0 Å². The maximum absolute atomic E-state index is 11.7. The van der Waals surface area contributed by atoms with E-state index in [4.69, 9.17) is 33.5 Å². The van der Waals surface area contributed by atoms with Crippen LogP contribution in [0.15, 0.2) is 12.2 Å². The van der Waals surface area contributed by atoms with Gasteiger partial charge in [0.05, 0.1) is 85.7 Å². The smallest absolute Gasteiger partial charge is 0.305 e. The van der Waals surface area contributed by atoms with Crippen molar-refractivity contribution in [3.8, 4) is 0 Å². The molecule has 36 heavy (non-hydrogen) atoms. The zero-order chi connectivity index (χ0) is 26.3. The number of carbonyl (C=O) groups is 4. The Morgan fingerprint density at radius 2 is 1.08 bits per heavy atom. The molecule has 2 N–H and O–H groups in total. The molecule has 13 heteroatoms. The molecule has 1 rings (SSSR count). The highest BCUT2D eigenvalue weighted by Crippen LogP contribution is 2.05. The molecule has 0 bridgehead atoms. The van der Waals surface area contributed by atoms with Crippen molar-refractivity contribution >= 4 is 23.7 Å². The van der Waals surface area contributed by atoms with Gasteiger partial charge in [-0.15, -0.1) is 0 Å². The van der Waals surface area contributed by atoms with Crippen LogP contribution >= 0.6 is 0 Å². The summed E-state index contributed by atoms with van der Waals surface area (Å²) in [7, 11) is 0.